The standard InChI is InChI=1S/C11H7BrN2O3/c12-7-3-1-2-6(4-7)9-10(15)14-8(5-13-9)11(16)17/h1-5H,(H,14,15)(H,16,17). The van der Waals surface area contributed by atoms with Crippen LogP contribution in [0.5, 0.6) is 0 Å². The van der Waals surface area contributed by atoms with Gasteiger partial charge >= 0.3 is 5.97 Å². The van der Waals surface area contributed by atoms with Gasteiger partial charge in [0.25, 0.3) is 5.56 Å². The van der Waals surface area contributed by atoms with Crippen LogP contribution in [0.4, 0.5) is 0 Å². The Labute approximate surface area is 104 Å². The molecule has 2 N–H and O–H groups in total. The quantitative estimate of drug-likeness (QED) is 0.886. The highest BCUT2D eigenvalue weighted by Crippen LogP contribution is 2.18. The molecule has 0 aliphatic heterocycles. The Morgan fingerprint density at radius 2 is 2.18 bits per heavy atom. The lowest BCUT2D eigenvalue weighted by atomic mass is 10.1. The van der Waals surface area contributed by atoms with Gasteiger partial charge < -0.3 is 10.1 Å². The van der Waals surface area contributed by atoms with E-state index in [-0.39, 0.29) is 11.4 Å². The molecule has 0 spiro atoms. The van der Waals surface area contributed by atoms with Crippen molar-refractivity contribution < 1.29 is 9.90 Å². The highest BCUT2D eigenvalue weighted by molar-refractivity contribution is 9.10. The minimum absolute atomic E-state index is 0.191. The molecule has 0 saturated carbocycles. The zero-order chi connectivity index (χ0) is 12.4. The summed E-state index contributed by atoms with van der Waals surface area (Å²) in [4.78, 5) is 28.4. The first-order valence-electron chi connectivity index (χ1n) is 4.66. The number of aromatic nitrogens is 2. The first kappa shape index (κ1) is 11.5. The molecule has 86 valence electrons. The van der Waals surface area contributed by atoms with Crippen molar-refractivity contribution in [3.63, 3.8) is 0 Å². The van der Waals surface area contributed by atoms with Gasteiger partial charge in [-0.3, -0.25) is 4.79 Å². The Balaban J connectivity index is 2.54. The SMILES string of the molecule is O=C(O)c1cnc(-c2cccc(Br)c2)c(=O)[nH]1. The van der Waals surface area contributed by atoms with Crippen LogP contribution >= 0.6 is 15.9 Å². The largest absolute Gasteiger partial charge is 0.477 e. The summed E-state index contributed by atoms with van der Waals surface area (Å²) in [7, 11) is 0. The minimum Gasteiger partial charge on any atom is -0.477 e. The van der Waals surface area contributed by atoms with Crippen LogP contribution < -0.4 is 5.56 Å². The number of nitrogens with zero attached hydrogens (tertiary/aromatic N) is 1. The molecule has 1 aromatic heterocycles. The normalized spacial score (nSPS) is 10.2. The highest BCUT2D eigenvalue weighted by Gasteiger charge is 2.09. The predicted octanol–water partition coefficient (Wildman–Crippen LogP) is 1.90. The van der Waals surface area contributed by atoms with Gasteiger partial charge in [0, 0.05) is 10.0 Å². The van der Waals surface area contributed by atoms with Gasteiger partial charge in [-0.1, -0.05) is 28.1 Å². The Hall–Kier alpha value is -1.95. The van der Waals surface area contributed by atoms with Gasteiger partial charge in [-0.05, 0) is 12.1 Å². The van der Waals surface area contributed by atoms with Gasteiger partial charge in [0.05, 0.1) is 6.20 Å². The Morgan fingerprint density at radius 1 is 1.41 bits per heavy atom. The maximum atomic E-state index is 11.7. The van der Waals surface area contributed by atoms with Crippen molar-refractivity contribution >= 4 is 21.9 Å². The van der Waals surface area contributed by atoms with Crippen LogP contribution in [-0.2, 0) is 0 Å². The van der Waals surface area contributed by atoms with Crippen LogP contribution in [-0.4, -0.2) is 21.0 Å². The Morgan fingerprint density at radius 3 is 2.76 bits per heavy atom. The van der Waals surface area contributed by atoms with Crippen molar-refractivity contribution in [1.29, 1.82) is 0 Å². The molecule has 0 bridgehead atoms. The summed E-state index contributed by atoms with van der Waals surface area (Å²) >= 11 is 3.29. The second kappa shape index (κ2) is 4.50. The number of H-pyrrole nitrogens is 1. The van der Waals surface area contributed by atoms with Gasteiger partial charge in [-0.15, -0.1) is 0 Å². The minimum atomic E-state index is -1.21. The lowest BCUT2D eigenvalue weighted by molar-refractivity contribution is 0.0689. The summed E-state index contributed by atoms with van der Waals surface area (Å²) in [5, 5.41) is 8.70. The topological polar surface area (TPSA) is 83.0 Å². The van der Waals surface area contributed by atoms with E-state index in [9.17, 15) is 9.59 Å². The van der Waals surface area contributed by atoms with Crippen LogP contribution in [0.15, 0.2) is 39.7 Å². The maximum absolute atomic E-state index is 11.7. The number of nitrogens with one attached hydrogen (secondary N) is 1. The molecule has 0 aliphatic rings. The monoisotopic (exact) mass is 294 g/mol. The first-order chi connectivity index (χ1) is 8.08. The van der Waals surface area contributed by atoms with Gasteiger partial charge in [-0.2, -0.15) is 0 Å². The van der Waals surface area contributed by atoms with Crippen molar-refractivity contribution in [3.05, 3.63) is 51.0 Å². The fraction of sp³-hybridized carbons (Fsp3) is 0. The molecule has 6 heteroatoms. The van der Waals surface area contributed by atoms with Crippen LogP contribution in [0.1, 0.15) is 10.5 Å². The van der Waals surface area contributed by atoms with E-state index in [2.05, 4.69) is 25.9 Å². The summed E-state index contributed by atoms with van der Waals surface area (Å²) in [6.07, 6.45) is 1.12. The molecule has 1 aromatic carbocycles. The molecule has 17 heavy (non-hydrogen) atoms. The number of halogens is 1. The number of carboxylic acid groups (broad SMARTS) is 1. The molecule has 0 radical (unpaired) electrons. The predicted molar refractivity (Wildman–Crippen MR) is 65.0 cm³/mol. The third-order valence-corrected chi connectivity index (χ3v) is 2.61. The number of rotatable bonds is 2. The molecule has 5 nitrogen and oxygen atoms in total. The van der Waals surface area contributed by atoms with Crippen molar-refractivity contribution in [3.8, 4) is 11.3 Å². The molecular formula is C11H7BrN2O3. The van der Waals surface area contributed by atoms with E-state index in [4.69, 9.17) is 5.11 Å². The Bertz CT molecular complexity index is 637. The smallest absolute Gasteiger partial charge is 0.354 e. The number of carbonyl (C=O) groups is 1. The molecule has 0 atom stereocenters. The molecule has 0 saturated heterocycles. The highest BCUT2D eigenvalue weighted by atomic mass is 79.9. The van der Waals surface area contributed by atoms with E-state index in [1.165, 1.54) is 0 Å². The van der Waals surface area contributed by atoms with Gasteiger partial charge in [0.15, 0.2) is 0 Å². The average molecular weight is 295 g/mol. The van der Waals surface area contributed by atoms with E-state index in [1.54, 1.807) is 18.2 Å². The number of hydrogen-bond acceptors (Lipinski definition) is 3. The third-order valence-electron chi connectivity index (χ3n) is 2.11. The fourth-order valence-electron chi connectivity index (χ4n) is 1.35. The van der Waals surface area contributed by atoms with E-state index in [1.807, 2.05) is 6.07 Å². The second-order valence-corrected chi connectivity index (χ2v) is 4.21. The van der Waals surface area contributed by atoms with Crippen molar-refractivity contribution in [1.82, 2.24) is 9.97 Å². The van der Waals surface area contributed by atoms with Crippen LogP contribution in [0.2, 0.25) is 0 Å². The number of benzene rings is 1. The second-order valence-electron chi connectivity index (χ2n) is 3.29. The lowest BCUT2D eigenvalue weighted by Crippen LogP contribution is -2.16. The number of aromatic carboxylic acids is 1. The summed E-state index contributed by atoms with van der Waals surface area (Å²) in [5.41, 5.74) is 0.0608. The van der Waals surface area contributed by atoms with Crippen LogP contribution in [0.25, 0.3) is 11.3 Å². The molecule has 0 aliphatic carbocycles. The Kier molecular flexibility index (Phi) is 3.06. The van der Waals surface area contributed by atoms with Gasteiger partial charge in [0.1, 0.15) is 11.4 Å². The number of carboxylic acids is 1. The van der Waals surface area contributed by atoms with Crippen molar-refractivity contribution in [2.24, 2.45) is 0 Å². The van der Waals surface area contributed by atoms with Gasteiger partial charge in [0.2, 0.25) is 0 Å². The van der Waals surface area contributed by atoms with Crippen molar-refractivity contribution in [2.75, 3.05) is 0 Å². The van der Waals surface area contributed by atoms with E-state index in [0.717, 1.165) is 10.7 Å². The molecule has 0 amide bonds. The summed E-state index contributed by atoms with van der Waals surface area (Å²) in [6.45, 7) is 0. The lowest BCUT2D eigenvalue weighted by Gasteiger charge is -2.01. The molecule has 0 unspecified atom stereocenters. The number of hydrogen-bond donors (Lipinski definition) is 2. The first-order valence-corrected chi connectivity index (χ1v) is 5.46. The zero-order valence-electron chi connectivity index (χ0n) is 8.48. The zero-order valence-corrected chi connectivity index (χ0v) is 10.1. The van der Waals surface area contributed by atoms with E-state index < -0.39 is 11.5 Å². The molecule has 2 aromatic rings. The number of aromatic amines is 1. The molecule has 1 heterocycles. The van der Waals surface area contributed by atoms with Crippen molar-refractivity contribution in [2.45, 2.75) is 0 Å². The summed E-state index contributed by atoms with van der Waals surface area (Å²) in [5.74, 6) is -1.21. The summed E-state index contributed by atoms with van der Waals surface area (Å²) < 4.78 is 0.818. The molecule has 0 fully saturated rings. The summed E-state index contributed by atoms with van der Waals surface area (Å²) in [6, 6.07) is 7.05. The van der Waals surface area contributed by atoms with Crippen LogP contribution in [0, 0.1) is 0 Å². The molecular weight excluding hydrogens is 288 g/mol. The van der Waals surface area contributed by atoms with Crippen LogP contribution in [0.3, 0.4) is 0 Å². The average Bonchev–Trinajstić information content (AvgIpc) is 2.28. The maximum Gasteiger partial charge on any atom is 0.354 e. The van der Waals surface area contributed by atoms with E-state index in [0.29, 0.717) is 5.56 Å². The molecule has 2 rings (SSSR count). The third kappa shape index (κ3) is 2.42. The van der Waals surface area contributed by atoms with Gasteiger partial charge in [-0.25, -0.2) is 9.78 Å². The fourth-order valence-corrected chi connectivity index (χ4v) is 1.75. The van der Waals surface area contributed by atoms with E-state index >= 15 is 0 Å².